The molecular weight excluding hydrogens is 453 g/mol. The molecule has 0 radical (unpaired) electrons. The average Bonchev–Trinajstić information content (AvgIpc) is 3.21. The van der Waals surface area contributed by atoms with Gasteiger partial charge in [-0.2, -0.15) is 9.78 Å². The highest BCUT2D eigenvalue weighted by Crippen LogP contribution is 2.25. The zero-order chi connectivity index (χ0) is 25.8. The minimum atomic E-state index is -1.08. The van der Waals surface area contributed by atoms with E-state index in [0.717, 1.165) is 10.2 Å². The van der Waals surface area contributed by atoms with Crippen LogP contribution in [-0.2, 0) is 4.79 Å². The SMILES string of the molecule is Cc1ccc([C@H](CC(=O)O)NC(=O)c2cc(OC[C@@H](O)C(C)(C)C)n(-c3ccccc3F)n2)cc1. The lowest BCUT2D eigenvalue weighted by Crippen LogP contribution is -2.32. The number of halogens is 1. The number of hydrogen-bond acceptors (Lipinski definition) is 5. The molecule has 0 aliphatic heterocycles. The second kappa shape index (κ2) is 10.7. The zero-order valence-electron chi connectivity index (χ0n) is 20.2. The van der Waals surface area contributed by atoms with Crippen molar-refractivity contribution in [3.05, 3.63) is 77.2 Å². The molecule has 1 amide bonds. The summed E-state index contributed by atoms with van der Waals surface area (Å²) in [5.74, 6) is -2.23. The van der Waals surface area contributed by atoms with Gasteiger partial charge in [0.25, 0.3) is 5.91 Å². The molecule has 2 aromatic carbocycles. The maximum atomic E-state index is 14.5. The van der Waals surface area contributed by atoms with Gasteiger partial charge in [0.1, 0.15) is 18.1 Å². The number of carboxylic acids is 1. The van der Waals surface area contributed by atoms with Crippen molar-refractivity contribution >= 4 is 11.9 Å². The summed E-state index contributed by atoms with van der Waals surface area (Å²) in [4.78, 5) is 24.5. The van der Waals surface area contributed by atoms with Crippen LogP contribution >= 0.6 is 0 Å². The van der Waals surface area contributed by atoms with E-state index in [0.29, 0.717) is 5.56 Å². The fourth-order valence-corrected chi connectivity index (χ4v) is 3.25. The summed E-state index contributed by atoms with van der Waals surface area (Å²) in [5.41, 5.74) is 1.14. The number of hydrogen-bond donors (Lipinski definition) is 3. The van der Waals surface area contributed by atoms with Crippen molar-refractivity contribution in [1.82, 2.24) is 15.1 Å². The van der Waals surface area contributed by atoms with Crippen LogP contribution in [0.4, 0.5) is 4.39 Å². The largest absolute Gasteiger partial charge is 0.481 e. The molecule has 2 atom stereocenters. The van der Waals surface area contributed by atoms with Crippen LogP contribution in [0.2, 0.25) is 0 Å². The second-order valence-electron chi connectivity index (χ2n) is 9.46. The van der Waals surface area contributed by atoms with E-state index in [-0.39, 0.29) is 30.3 Å². The molecule has 186 valence electrons. The van der Waals surface area contributed by atoms with Gasteiger partial charge in [-0.1, -0.05) is 62.7 Å². The first kappa shape index (κ1) is 25.9. The van der Waals surface area contributed by atoms with Crippen molar-refractivity contribution in [2.24, 2.45) is 5.41 Å². The molecule has 0 aliphatic carbocycles. The van der Waals surface area contributed by atoms with Crippen LogP contribution in [-0.4, -0.2) is 44.6 Å². The number of benzene rings is 2. The maximum absolute atomic E-state index is 14.5. The number of carbonyl (C=O) groups excluding carboxylic acids is 1. The highest BCUT2D eigenvalue weighted by atomic mass is 19.1. The van der Waals surface area contributed by atoms with Crippen LogP contribution in [0, 0.1) is 18.2 Å². The molecule has 0 saturated carbocycles. The van der Waals surface area contributed by atoms with Gasteiger partial charge in [0.2, 0.25) is 5.88 Å². The zero-order valence-corrected chi connectivity index (χ0v) is 20.2. The molecule has 0 saturated heterocycles. The van der Waals surface area contributed by atoms with E-state index in [9.17, 15) is 24.2 Å². The number of para-hydroxylation sites is 1. The second-order valence-corrected chi connectivity index (χ2v) is 9.46. The summed E-state index contributed by atoms with van der Waals surface area (Å²) in [6.07, 6.45) is -1.16. The Labute approximate surface area is 203 Å². The quantitative estimate of drug-likeness (QED) is 0.423. The van der Waals surface area contributed by atoms with Gasteiger partial charge in [0.05, 0.1) is 18.6 Å². The molecule has 3 rings (SSSR count). The van der Waals surface area contributed by atoms with Crippen LogP contribution in [0.25, 0.3) is 5.69 Å². The number of nitrogens with zero attached hydrogens (tertiary/aromatic N) is 2. The van der Waals surface area contributed by atoms with Crippen LogP contribution in [0.3, 0.4) is 0 Å². The summed E-state index contributed by atoms with van der Waals surface area (Å²) in [5, 5.41) is 26.6. The van der Waals surface area contributed by atoms with Gasteiger partial charge < -0.3 is 20.3 Å². The summed E-state index contributed by atoms with van der Waals surface area (Å²) in [6, 6.07) is 13.6. The number of aromatic nitrogens is 2. The number of aliphatic hydroxyl groups is 1. The first-order valence-corrected chi connectivity index (χ1v) is 11.2. The number of amides is 1. The Hall–Kier alpha value is -3.72. The van der Waals surface area contributed by atoms with Gasteiger partial charge in [-0.25, -0.2) is 4.39 Å². The highest BCUT2D eigenvalue weighted by Gasteiger charge is 2.26. The van der Waals surface area contributed by atoms with Crippen LogP contribution in [0.5, 0.6) is 5.88 Å². The smallest absolute Gasteiger partial charge is 0.305 e. The van der Waals surface area contributed by atoms with Crippen LogP contribution in [0.15, 0.2) is 54.6 Å². The molecule has 0 spiro atoms. The molecule has 8 nitrogen and oxygen atoms in total. The van der Waals surface area contributed by atoms with Crippen LogP contribution < -0.4 is 10.1 Å². The maximum Gasteiger partial charge on any atom is 0.305 e. The molecule has 0 bridgehead atoms. The molecule has 9 heteroatoms. The van der Waals surface area contributed by atoms with E-state index in [1.165, 1.54) is 24.3 Å². The molecule has 3 N–H and O–H groups in total. The molecular formula is C26H30FN3O5. The lowest BCUT2D eigenvalue weighted by molar-refractivity contribution is -0.137. The third-order valence-corrected chi connectivity index (χ3v) is 5.54. The monoisotopic (exact) mass is 483 g/mol. The minimum absolute atomic E-state index is 0.0624. The van der Waals surface area contributed by atoms with Gasteiger partial charge in [0, 0.05) is 6.07 Å². The van der Waals surface area contributed by atoms with Crippen molar-refractivity contribution in [2.75, 3.05) is 6.61 Å². The predicted molar refractivity (Wildman–Crippen MR) is 128 cm³/mol. The Kier molecular flexibility index (Phi) is 7.91. The molecule has 0 aliphatic rings. The van der Waals surface area contributed by atoms with E-state index >= 15 is 0 Å². The highest BCUT2D eigenvalue weighted by molar-refractivity contribution is 5.93. The van der Waals surface area contributed by atoms with Gasteiger partial charge in [0.15, 0.2) is 5.69 Å². The molecule has 1 heterocycles. The minimum Gasteiger partial charge on any atom is -0.481 e. The number of carbonyl (C=O) groups is 2. The number of aliphatic hydroxyl groups excluding tert-OH is 1. The van der Waals surface area contributed by atoms with Crippen molar-refractivity contribution < 1.29 is 28.9 Å². The molecule has 0 fully saturated rings. The first-order chi connectivity index (χ1) is 16.5. The summed E-state index contributed by atoms with van der Waals surface area (Å²) in [7, 11) is 0. The number of nitrogens with one attached hydrogen (secondary N) is 1. The molecule has 3 aromatic rings. The Bertz CT molecular complexity index is 1180. The van der Waals surface area contributed by atoms with E-state index in [2.05, 4.69) is 10.4 Å². The standard InChI is InChI=1S/C26H30FN3O5/c1-16-9-11-17(12-10-16)19(14-24(32)33)28-25(34)20-13-23(35-15-22(31)26(2,3)4)30(29-20)21-8-6-5-7-18(21)27/h5-13,19,22,31H,14-15H2,1-4H3,(H,28,34)(H,32,33)/t19-,22+/m0/s1. The number of ether oxygens (including phenoxy) is 1. The van der Waals surface area contributed by atoms with Crippen molar-refractivity contribution in [2.45, 2.75) is 46.3 Å². The lowest BCUT2D eigenvalue weighted by atomic mass is 9.90. The number of rotatable bonds is 9. The predicted octanol–water partition coefficient (Wildman–Crippen LogP) is 4.05. The number of aryl methyl sites for hydroxylation is 1. The lowest BCUT2D eigenvalue weighted by Gasteiger charge is -2.25. The Morgan fingerprint density at radius 2 is 1.80 bits per heavy atom. The van der Waals surface area contributed by atoms with Crippen molar-refractivity contribution in [1.29, 1.82) is 0 Å². The number of carboxylic acid groups (broad SMARTS) is 1. The topological polar surface area (TPSA) is 114 Å². The number of aliphatic carboxylic acids is 1. The van der Waals surface area contributed by atoms with E-state index < -0.39 is 35.3 Å². The fraction of sp³-hybridized carbons (Fsp3) is 0.346. The van der Waals surface area contributed by atoms with E-state index in [1.807, 2.05) is 39.8 Å². The summed E-state index contributed by atoms with van der Waals surface area (Å²) < 4.78 is 21.4. The molecule has 35 heavy (non-hydrogen) atoms. The fourth-order valence-electron chi connectivity index (χ4n) is 3.25. The first-order valence-electron chi connectivity index (χ1n) is 11.2. The van der Waals surface area contributed by atoms with Gasteiger partial charge in [-0.15, -0.1) is 0 Å². The van der Waals surface area contributed by atoms with Gasteiger partial charge in [-0.3, -0.25) is 9.59 Å². The van der Waals surface area contributed by atoms with Crippen molar-refractivity contribution in [3.63, 3.8) is 0 Å². The van der Waals surface area contributed by atoms with Gasteiger partial charge >= 0.3 is 5.97 Å². The third kappa shape index (κ3) is 6.66. The summed E-state index contributed by atoms with van der Waals surface area (Å²) >= 11 is 0. The Morgan fingerprint density at radius 1 is 1.14 bits per heavy atom. The molecule has 0 unspecified atom stereocenters. The van der Waals surface area contributed by atoms with E-state index in [4.69, 9.17) is 4.74 Å². The van der Waals surface area contributed by atoms with Gasteiger partial charge in [-0.05, 0) is 30.0 Å². The normalized spacial score (nSPS) is 13.2. The van der Waals surface area contributed by atoms with Crippen molar-refractivity contribution in [3.8, 4) is 11.6 Å². The Morgan fingerprint density at radius 3 is 2.40 bits per heavy atom. The average molecular weight is 484 g/mol. The third-order valence-electron chi connectivity index (χ3n) is 5.54. The van der Waals surface area contributed by atoms with Crippen LogP contribution in [0.1, 0.15) is 54.8 Å². The van der Waals surface area contributed by atoms with E-state index in [1.54, 1.807) is 18.2 Å². The summed E-state index contributed by atoms with van der Waals surface area (Å²) in [6.45, 7) is 7.35. The molecule has 1 aromatic heterocycles. The Balaban J connectivity index is 1.92.